The second-order valence-corrected chi connectivity index (χ2v) is 6.34. The lowest BCUT2D eigenvalue weighted by molar-refractivity contribution is -0.159. The van der Waals surface area contributed by atoms with Crippen LogP contribution in [0.15, 0.2) is 18.2 Å². The summed E-state index contributed by atoms with van der Waals surface area (Å²) in [4.78, 5) is 18.2. The number of carboxylic acids is 2. The zero-order chi connectivity index (χ0) is 18.0. The van der Waals surface area contributed by atoms with Crippen molar-refractivity contribution in [3.05, 3.63) is 28.8 Å². The lowest BCUT2D eigenvalue weighted by atomic mass is 10.1. The molecular weight excluding hydrogens is 322 g/mol. The zero-order valence-corrected chi connectivity index (χ0v) is 14.6. The van der Waals surface area contributed by atoms with Gasteiger partial charge in [0.25, 0.3) is 0 Å². The SMILES string of the molecule is Cc1cc(Cl)ccc1OCCCNC(C)(C)C.O=C(O)C(=O)O. The third-order valence-electron chi connectivity index (χ3n) is 2.55. The minimum atomic E-state index is -1.82. The summed E-state index contributed by atoms with van der Waals surface area (Å²) in [6, 6.07) is 5.70. The highest BCUT2D eigenvalue weighted by molar-refractivity contribution is 6.30. The summed E-state index contributed by atoms with van der Waals surface area (Å²) in [5, 5.41) is 19.0. The molecule has 0 fully saturated rings. The molecule has 0 atom stereocenters. The van der Waals surface area contributed by atoms with E-state index < -0.39 is 11.9 Å². The monoisotopic (exact) mass is 345 g/mol. The molecule has 1 aromatic carbocycles. The first kappa shape index (κ1) is 21.2. The smallest absolute Gasteiger partial charge is 0.414 e. The second-order valence-electron chi connectivity index (χ2n) is 5.90. The Balaban J connectivity index is 0.000000688. The summed E-state index contributed by atoms with van der Waals surface area (Å²) in [6.07, 6.45) is 0.999. The normalized spacial score (nSPS) is 10.5. The van der Waals surface area contributed by atoms with E-state index in [4.69, 9.17) is 36.1 Å². The van der Waals surface area contributed by atoms with E-state index in [9.17, 15) is 0 Å². The van der Waals surface area contributed by atoms with Crippen LogP contribution in [-0.4, -0.2) is 40.8 Å². The molecule has 0 aliphatic rings. The van der Waals surface area contributed by atoms with Gasteiger partial charge in [0.15, 0.2) is 0 Å². The molecule has 7 heteroatoms. The average Bonchev–Trinajstić information content (AvgIpc) is 2.40. The van der Waals surface area contributed by atoms with E-state index in [0.29, 0.717) is 0 Å². The van der Waals surface area contributed by atoms with Gasteiger partial charge in [0.05, 0.1) is 6.61 Å². The van der Waals surface area contributed by atoms with Crippen LogP contribution in [0.1, 0.15) is 32.8 Å². The summed E-state index contributed by atoms with van der Waals surface area (Å²) in [5.41, 5.74) is 1.26. The first-order chi connectivity index (χ1) is 10.5. The maximum absolute atomic E-state index is 9.10. The fraction of sp³-hybridized carbons (Fsp3) is 0.500. The molecule has 130 valence electrons. The third-order valence-corrected chi connectivity index (χ3v) is 2.79. The first-order valence-corrected chi connectivity index (χ1v) is 7.51. The van der Waals surface area contributed by atoms with Gasteiger partial charge >= 0.3 is 11.9 Å². The van der Waals surface area contributed by atoms with Crippen molar-refractivity contribution in [3.63, 3.8) is 0 Å². The van der Waals surface area contributed by atoms with Crippen LogP contribution in [0.25, 0.3) is 0 Å². The largest absolute Gasteiger partial charge is 0.493 e. The van der Waals surface area contributed by atoms with Gasteiger partial charge in [0, 0.05) is 10.6 Å². The Bertz CT molecular complexity index is 514. The molecule has 0 aromatic heterocycles. The molecular formula is C16H24ClNO5. The van der Waals surface area contributed by atoms with E-state index in [-0.39, 0.29) is 5.54 Å². The number of halogens is 1. The van der Waals surface area contributed by atoms with E-state index in [0.717, 1.165) is 35.9 Å². The Morgan fingerprint density at radius 2 is 1.78 bits per heavy atom. The van der Waals surface area contributed by atoms with E-state index >= 15 is 0 Å². The predicted octanol–water partition coefficient (Wildman–Crippen LogP) is 2.96. The minimum absolute atomic E-state index is 0.177. The molecule has 0 aliphatic carbocycles. The fourth-order valence-corrected chi connectivity index (χ4v) is 1.72. The van der Waals surface area contributed by atoms with Crippen LogP contribution in [0.2, 0.25) is 5.02 Å². The van der Waals surface area contributed by atoms with Crippen LogP contribution in [-0.2, 0) is 9.59 Å². The molecule has 23 heavy (non-hydrogen) atoms. The summed E-state index contributed by atoms with van der Waals surface area (Å²) < 4.78 is 5.71. The van der Waals surface area contributed by atoms with Gasteiger partial charge in [-0.25, -0.2) is 9.59 Å². The number of rotatable bonds is 5. The van der Waals surface area contributed by atoms with Crippen LogP contribution in [0.3, 0.4) is 0 Å². The van der Waals surface area contributed by atoms with Crippen molar-refractivity contribution >= 4 is 23.5 Å². The number of carboxylic acid groups (broad SMARTS) is 2. The number of aliphatic carboxylic acids is 2. The van der Waals surface area contributed by atoms with Gasteiger partial charge in [-0.1, -0.05) is 11.6 Å². The highest BCUT2D eigenvalue weighted by Crippen LogP contribution is 2.21. The van der Waals surface area contributed by atoms with Crippen LogP contribution >= 0.6 is 11.6 Å². The second kappa shape index (κ2) is 10.1. The van der Waals surface area contributed by atoms with Crippen molar-refractivity contribution in [1.82, 2.24) is 5.32 Å². The highest BCUT2D eigenvalue weighted by Gasteiger charge is 2.07. The maximum atomic E-state index is 9.10. The molecule has 0 heterocycles. The van der Waals surface area contributed by atoms with Gasteiger partial charge < -0.3 is 20.3 Å². The Hall–Kier alpha value is -1.79. The quantitative estimate of drug-likeness (QED) is 0.561. The molecule has 0 unspecified atom stereocenters. The van der Waals surface area contributed by atoms with Gasteiger partial charge in [0.1, 0.15) is 5.75 Å². The molecule has 6 nitrogen and oxygen atoms in total. The highest BCUT2D eigenvalue weighted by atomic mass is 35.5. The van der Waals surface area contributed by atoms with Gasteiger partial charge in [-0.2, -0.15) is 0 Å². The maximum Gasteiger partial charge on any atom is 0.414 e. The Labute approximate surface area is 141 Å². The van der Waals surface area contributed by atoms with E-state index in [2.05, 4.69) is 26.1 Å². The van der Waals surface area contributed by atoms with E-state index in [1.165, 1.54) is 0 Å². The number of hydrogen-bond acceptors (Lipinski definition) is 4. The van der Waals surface area contributed by atoms with Crippen LogP contribution < -0.4 is 10.1 Å². The number of benzene rings is 1. The summed E-state index contributed by atoms with van der Waals surface area (Å²) in [5.74, 6) is -2.73. The molecule has 0 saturated carbocycles. The molecule has 1 rings (SSSR count). The van der Waals surface area contributed by atoms with Gasteiger partial charge in [0.2, 0.25) is 0 Å². The minimum Gasteiger partial charge on any atom is -0.493 e. The van der Waals surface area contributed by atoms with Gasteiger partial charge in [-0.05, 0) is 64.4 Å². The zero-order valence-electron chi connectivity index (χ0n) is 13.9. The molecule has 0 aliphatic heterocycles. The fourth-order valence-electron chi connectivity index (χ4n) is 1.49. The molecule has 1 aromatic rings. The number of aryl methyl sites for hydroxylation is 1. The number of nitrogens with one attached hydrogen (secondary N) is 1. The number of carbonyl (C=O) groups is 2. The Kier molecular flexibility index (Phi) is 9.29. The molecule has 0 bridgehead atoms. The summed E-state index contributed by atoms with van der Waals surface area (Å²) in [7, 11) is 0. The van der Waals surface area contributed by atoms with Gasteiger partial charge in [-0.3, -0.25) is 0 Å². The number of ether oxygens (including phenoxy) is 1. The standard InChI is InChI=1S/C14H22ClNO.C2H2O4/c1-11-10-12(15)6-7-13(11)17-9-5-8-16-14(2,3)4;3-1(4)2(5)6/h6-7,10,16H,5,8-9H2,1-4H3;(H,3,4)(H,5,6). The van der Waals surface area contributed by atoms with E-state index in [1.54, 1.807) is 0 Å². The molecule has 0 radical (unpaired) electrons. The molecule has 0 spiro atoms. The molecule has 3 N–H and O–H groups in total. The predicted molar refractivity (Wildman–Crippen MR) is 89.3 cm³/mol. The molecule has 0 saturated heterocycles. The van der Waals surface area contributed by atoms with Crippen molar-refractivity contribution in [2.24, 2.45) is 0 Å². The van der Waals surface area contributed by atoms with Crippen molar-refractivity contribution in [2.75, 3.05) is 13.2 Å². The van der Waals surface area contributed by atoms with Crippen molar-refractivity contribution in [1.29, 1.82) is 0 Å². The van der Waals surface area contributed by atoms with Crippen molar-refractivity contribution in [2.45, 2.75) is 39.7 Å². The van der Waals surface area contributed by atoms with Crippen LogP contribution in [0.4, 0.5) is 0 Å². The average molecular weight is 346 g/mol. The Morgan fingerprint density at radius 1 is 1.22 bits per heavy atom. The van der Waals surface area contributed by atoms with Crippen LogP contribution in [0.5, 0.6) is 5.75 Å². The lowest BCUT2D eigenvalue weighted by Crippen LogP contribution is -2.36. The number of hydrogen-bond donors (Lipinski definition) is 3. The first-order valence-electron chi connectivity index (χ1n) is 7.13. The third kappa shape index (κ3) is 11.4. The summed E-state index contributed by atoms with van der Waals surface area (Å²) in [6.45, 7) is 10.2. The lowest BCUT2D eigenvalue weighted by Gasteiger charge is -2.20. The van der Waals surface area contributed by atoms with E-state index in [1.807, 2.05) is 25.1 Å². The van der Waals surface area contributed by atoms with Crippen molar-refractivity contribution < 1.29 is 24.5 Å². The van der Waals surface area contributed by atoms with Crippen LogP contribution in [0, 0.1) is 6.92 Å². The van der Waals surface area contributed by atoms with Crippen molar-refractivity contribution in [3.8, 4) is 5.75 Å². The topological polar surface area (TPSA) is 95.9 Å². The molecule has 0 amide bonds. The Morgan fingerprint density at radius 3 is 2.22 bits per heavy atom. The van der Waals surface area contributed by atoms with Gasteiger partial charge in [-0.15, -0.1) is 0 Å². The summed E-state index contributed by atoms with van der Waals surface area (Å²) >= 11 is 5.89.